The molecule has 0 bridgehead atoms. The van der Waals surface area contributed by atoms with Gasteiger partial charge in [-0.25, -0.2) is 4.79 Å². The number of hydrogen-bond acceptors (Lipinski definition) is 4. The molecule has 3 amide bonds. The third-order valence-electron chi connectivity index (χ3n) is 2.17. The van der Waals surface area contributed by atoms with E-state index in [9.17, 15) is 14.7 Å². The Morgan fingerprint density at radius 1 is 1.50 bits per heavy atom. The van der Waals surface area contributed by atoms with Crippen molar-refractivity contribution in [2.45, 2.75) is 39.3 Å². The molecule has 0 heterocycles. The van der Waals surface area contributed by atoms with E-state index < -0.39 is 23.6 Å². The van der Waals surface area contributed by atoms with Crippen LogP contribution in [0.2, 0.25) is 0 Å². The van der Waals surface area contributed by atoms with Gasteiger partial charge >= 0.3 is 6.03 Å². The SMILES string of the molecule is CCN(CC(C)(C)O)C(C)C(=O)NC(N)=O. The highest BCUT2D eigenvalue weighted by Gasteiger charge is 2.25. The molecule has 0 saturated heterocycles. The maximum absolute atomic E-state index is 11.5. The number of imide groups is 1. The van der Waals surface area contributed by atoms with Gasteiger partial charge in [0.25, 0.3) is 0 Å². The van der Waals surface area contributed by atoms with Gasteiger partial charge in [0.2, 0.25) is 5.91 Å². The topological polar surface area (TPSA) is 95.7 Å². The molecule has 6 nitrogen and oxygen atoms in total. The van der Waals surface area contributed by atoms with E-state index in [1.165, 1.54) is 0 Å². The number of hydrogen-bond donors (Lipinski definition) is 3. The van der Waals surface area contributed by atoms with Crippen molar-refractivity contribution in [3.8, 4) is 0 Å². The minimum absolute atomic E-state index is 0.344. The van der Waals surface area contributed by atoms with Crippen LogP contribution in [0.4, 0.5) is 4.79 Å². The summed E-state index contributed by atoms with van der Waals surface area (Å²) in [4.78, 5) is 23.8. The Morgan fingerprint density at radius 2 is 2.00 bits per heavy atom. The largest absolute Gasteiger partial charge is 0.389 e. The summed E-state index contributed by atoms with van der Waals surface area (Å²) in [5, 5.41) is 11.7. The molecular weight excluding hydrogens is 210 g/mol. The van der Waals surface area contributed by atoms with Gasteiger partial charge < -0.3 is 10.8 Å². The Labute approximate surface area is 95.8 Å². The number of aliphatic hydroxyl groups is 1. The second-order valence-electron chi connectivity index (χ2n) is 4.41. The van der Waals surface area contributed by atoms with E-state index in [-0.39, 0.29) is 0 Å². The normalized spacial score (nSPS) is 13.6. The molecule has 94 valence electrons. The highest BCUT2D eigenvalue weighted by Crippen LogP contribution is 2.08. The molecule has 0 radical (unpaired) electrons. The minimum atomic E-state index is -0.892. The third kappa shape index (κ3) is 5.67. The number of urea groups is 1. The Balaban J connectivity index is 4.47. The predicted molar refractivity (Wildman–Crippen MR) is 60.7 cm³/mol. The second kappa shape index (κ2) is 5.81. The number of nitrogens with one attached hydrogen (secondary N) is 1. The first kappa shape index (κ1) is 14.9. The molecule has 0 aliphatic heterocycles. The fraction of sp³-hybridized carbons (Fsp3) is 0.800. The molecule has 16 heavy (non-hydrogen) atoms. The molecule has 1 unspecified atom stereocenters. The summed E-state index contributed by atoms with van der Waals surface area (Å²) in [6.07, 6.45) is 0. The number of carbonyl (C=O) groups is 2. The number of nitrogens with two attached hydrogens (primary N) is 1. The van der Waals surface area contributed by atoms with Gasteiger partial charge in [-0.1, -0.05) is 6.92 Å². The van der Waals surface area contributed by atoms with E-state index in [2.05, 4.69) is 0 Å². The highest BCUT2D eigenvalue weighted by molar-refractivity contribution is 5.96. The zero-order chi connectivity index (χ0) is 12.9. The van der Waals surface area contributed by atoms with Crippen molar-refractivity contribution in [1.82, 2.24) is 10.2 Å². The van der Waals surface area contributed by atoms with Crippen molar-refractivity contribution >= 4 is 11.9 Å². The Hall–Kier alpha value is -1.14. The van der Waals surface area contributed by atoms with E-state index in [0.717, 1.165) is 0 Å². The number of carbonyl (C=O) groups excluding carboxylic acids is 2. The number of likely N-dealkylation sites (N-methyl/N-ethyl adjacent to an activating group) is 1. The maximum Gasteiger partial charge on any atom is 0.318 e. The summed E-state index contributed by atoms with van der Waals surface area (Å²) < 4.78 is 0. The van der Waals surface area contributed by atoms with Crippen LogP contribution in [-0.2, 0) is 4.79 Å². The summed E-state index contributed by atoms with van der Waals surface area (Å²) >= 11 is 0. The van der Waals surface area contributed by atoms with Crippen LogP contribution < -0.4 is 11.1 Å². The quantitative estimate of drug-likeness (QED) is 0.603. The molecule has 0 aromatic heterocycles. The van der Waals surface area contributed by atoms with Crippen LogP contribution in [0.15, 0.2) is 0 Å². The first-order valence-electron chi connectivity index (χ1n) is 5.24. The number of rotatable bonds is 5. The van der Waals surface area contributed by atoms with E-state index in [1.54, 1.807) is 25.7 Å². The zero-order valence-electron chi connectivity index (χ0n) is 10.3. The fourth-order valence-corrected chi connectivity index (χ4v) is 1.41. The monoisotopic (exact) mass is 231 g/mol. The fourth-order valence-electron chi connectivity index (χ4n) is 1.41. The zero-order valence-corrected chi connectivity index (χ0v) is 10.3. The molecule has 4 N–H and O–H groups in total. The summed E-state index contributed by atoms with van der Waals surface area (Å²) in [6, 6.07) is -1.37. The van der Waals surface area contributed by atoms with Crippen LogP contribution in [0, 0.1) is 0 Å². The first-order valence-corrected chi connectivity index (χ1v) is 5.24. The van der Waals surface area contributed by atoms with E-state index in [0.29, 0.717) is 13.1 Å². The molecule has 0 saturated carbocycles. The highest BCUT2D eigenvalue weighted by atomic mass is 16.3. The van der Waals surface area contributed by atoms with Crippen LogP contribution in [-0.4, -0.2) is 46.7 Å². The minimum Gasteiger partial charge on any atom is -0.389 e. The summed E-state index contributed by atoms with van der Waals surface area (Å²) in [5.41, 5.74) is 3.97. The smallest absolute Gasteiger partial charge is 0.318 e. The standard InChI is InChI=1S/C10H21N3O3/c1-5-13(6-10(3,4)16)7(2)8(14)12-9(11)15/h7,16H,5-6H2,1-4H3,(H3,11,12,14,15). The molecule has 1 atom stereocenters. The Kier molecular flexibility index (Phi) is 5.40. The first-order chi connectivity index (χ1) is 7.17. The summed E-state index contributed by atoms with van der Waals surface area (Å²) in [5.74, 6) is -0.460. The van der Waals surface area contributed by atoms with Crippen molar-refractivity contribution in [3.05, 3.63) is 0 Å². The lowest BCUT2D eigenvalue weighted by Gasteiger charge is -2.31. The van der Waals surface area contributed by atoms with Crippen LogP contribution in [0.25, 0.3) is 0 Å². The van der Waals surface area contributed by atoms with Crippen LogP contribution in [0.1, 0.15) is 27.7 Å². The molecule has 0 aliphatic carbocycles. The van der Waals surface area contributed by atoms with Gasteiger partial charge in [0.15, 0.2) is 0 Å². The lowest BCUT2D eigenvalue weighted by atomic mass is 10.1. The van der Waals surface area contributed by atoms with Crippen LogP contribution >= 0.6 is 0 Å². The molecule has 0 fully saturated rings. The number of amides is 3. The molecule has 0 aromatic rings. The number of nitrogens with zero attached hydrogens (tertiary/aromatic N) is 1. The van der Waals surface area contributed by atoms with Crippen molar-refractivity contribution in [2.24, 2.45) is 5.73 Å². The van der Waals surface area contributed by atoms with E-state index in [4.69, 9.17) is 5.73 Å². The predicted octanol–water partition coefficient (Wildman–Crippen LogP) is -0.337. The lowest BCUT2D eigenvalue weighted by molar-refractivity contribution is -0.125. The summed E-state index contributed by atoms with van der Waals surface area (Å²) in [7, 11) is 0. The van der Waals surface area contributed by atoms with Gasteiger partial charge in [0.1, 0.15) is 0 Å². The molecule has 0 aromatic carbocycles. The Bertz CT molecular complexity index is 261. The number of primary amides is 1. The van der Waals surface area contributed by atoms with Crippen molar-refractivity contribution in [1.29, 1.82) is 0 Å². The van der Waals surface area contributed by atoms with Gasteiger partial charge in [0, 0.05) is 6.54 Å². The van der Waals surface area contributed by atoms with Gasteiger partial charge in [-0.2, -0.15) is 0 Å². The molecule has 0 aliphatic rings. The molecule has 0 rings (SSSR count). The van der Waals surface area contributed by atoms with Crippen molar-refractivity contribution in [3.63, 3.8) is 0 Å². The average Bonchev–Trinajstić information content (AvgIpc) is 2.10. The Morgan fingerprint density at radius 3 is 2.31 bits per heavy atom. The van der Waals surface area contributed by atoms with Crippen LogP contribution in [0.5, 0.6) is 0 Å². The molecule has 6 heteroatoms. The van der Waals surface area contributed by atoms with Crippen molar-refractivity contribution in [2.75, 3.05) is 13.1 Å². The van der Waals surface area contributed by atoms with Gasteiger partial charge in [-0.05, 0) is 27.3 Å². The van der Waals surface area contributed by atoms with Gasteiger partial charge in [-0.15, -0.1) is 0 Å². The lowest BCUT2D eigenvalue weighted by Crippen LogP contribution is -2.51. The van der Waals surface area contributed by atoms with Gasteiger partial charge in [0.05, 0.1) is 11.6 Å². The van der Waals surface area contributed by atoms with Crippen molar-refractivity contribution < 1.29 is 14.7 Å². The maximum atomic E-state index is 11.5. The van der Waals surface area contributed by atoms with Crippen LogP contribution in [0.3, 0.4) is 0 Å². The summed E-state index contributed by atoms with van der Waals surface area (Å²) in [6.45, 7) is 7.80. The molecular formula is C10H21N3O3. The average molecular weight is 231 g/mol. The molecule has 0 spiro atoms. The van der Waals surface area contributed by atoms with E-state index in [1.807, 2.05) is 12.2 Å². The second-order valence-corrected chi connectivity index (χ2v) is 4.41. The van der Waals surface area contributed by atoms with E-state index >= 15 is 0 Å². The third-order valence-corrected chi connectivity index (χ3v) is 2.17. The van der Waals surface area contributed by atoms with Gasteiger partial charge in [-0.3, -0.25) is 15.0 Å².